The van der Waals surface area contributed by atoms with Gasteiger partial charge in [0, 0.05) is 44.5 Å². The lowest BCUT2D eigenvalue weighted by Crippen LogP contribution is -2.51. The average molecular weight is 537 g/mol. The number of hydrogen-bond acceptors (Lipinski definition) is 5. The van der Waals surface area contributed by atoms with E-state index < -0.39 is 15.5 Å². The zero-order valence-corrected chi connectivity index (χ0v) is 18.5. The number of nitrogens with one attached hydrogen (secondary N) is 2. The number of ether oxygens (including phenoxy) is 1. The van der Waals surface area contributed by atoms with Gasteiger partial charge in [-0.25, -0.2) is 13.4 Å². The molecule has 0 bridgehead atoms. The van der Waals surface area contributed by atoms with E-state index in [0.29, 0.717) is 22.7 Å². The van der Waals surface area contributed by atoms with Gasteiger partial charge >= 0.3 is 15.5 Å². The molecule has 0 atom stereocenters. The van der Waals surface area contributed by atoms with E-state index in [2.05, 4.69) is 20.6 Å². The number of halogens is 4. The van der Waals surface area contributed by atoms with E-state index in [4.69, 9.17) is 4.74 Å². The predicted molar refractivity (Wildman–Crippen MR) is 109 cm³/mol. The van der Waals surface area contributed by atoms with E-state index in [1.54, 1.807) is 19.3 Å². The Balaban J connectivity index is 0.00000392. The third-order valence-electron chi connectivity index (χ3n) is 4.14. The number of alkyl halides is 3. The number of piperidine rings is 1. The molecule has 1 aromatic heterocycles. The largest absolute Gasteiger partial charge is 0.511 e. The molecule has 13 heteroatoms. The maximum Gasteiger partial charge on any atom is 0.511 e. The first-order chi connectivity index (χ1) is 12.7. The number of methoxy groups -OCH3 is 1. The van der Waals surface area contributed by atoms with Gasteiger partial charge in [0.25, 0.3) is 0 Å². The molecule has 0 amide bonds. The molecule has 0 spiro atoms. The normalized spacial score (nSPS) is 17.0. The van der Waals surface area contributed by atoms with Crippen LogP contribution in [0.25, 0.3) is 0 Å². The second kappa shape index (κ2) is 10.4. The lowest BCUT2D eigenvalue weighted by Gasteiger charge is -2.32. The Morgan fingerprint density at radius 2 is 2.04 bits per heavy atom. The van der Waals surface area contributed by atoms with Crippen LogP contribution >= 0.6 is 24.0 Å². The smallest absolute Gasteiger partial charge is 0.481 e. The van der Waals surface area contributed by atoms with Gasteiger partial charge in [0.15, 0.2) is 5.96 Å². The van der Waals surface area contributed by atoms with Crippen LogP contribution in [0.5, 0.6) is 5.88 Å². The maximum atomic E-state index is 12.6. The number of nitrogens with zero attached hydrogens (tertiary/aromatic N) is 3. The van der Waals surface area contributed by atoms with E-state index in [-0.39, 0.29) is 55.9 Å². The van der Waals surface area contributed by atoms with E-state index >= 15 is 0 Å². The molecular formula is C15H23F3IN5O3S. The van der Waals surface area contributed by atoms with Gasteiger partial charge in [-0.3, -0.25) is 4.99 Å². The van der Waals surface area contributed by atoms with E-state index in [9.17, 15) is 21.6 Å². The van der Waals surface area contributed by atoms with Gasteiger partial charge in [0.1, 0.15) is 0 Å². The fraction of sp³-hybridized carbons (Fsp3) is 0.600. The lowest BCUT2D eigenvalue weighted by molar-refractivity contribution is -0.0494. The summed E-state index contributed by atoms with van der Waals surface area (Å²) >= 11 is 0. The molecule has 1 saturated heterocycles. The van der Waals surface area contributed by atoms with Crippen molar-refractivity contribution in [3.05, 3.63) is 23.9 Å². The minimum absolute atomic E-state index is 0. The molecule has 1 aliphatic rings. The molecule has 0 aliphatic carbocycles. The van der Waals surface area contributed by atoms with Crippen LogP contribution in [-0.2, 0) is 16.6 Å². The number of aliphatic imine (C=N–C) groups is 1. The monoisotopic (exact) mass is 537 g/mol. The quantitative estimate of drug-likeness (QED) is 0.338. The first-order valence-electron chi connectivity index (χ1n) is 8.20. The standard InChI is InChI=1S/C15H22F3N5O3S.HI/c1-19-14(21-10-11-4-3-7-20-13(11)26-2)22-12-5-8-23(9-6-12)27(24,25)15(16,17)18;/h3-4,7,12H,5-6,8-10H2,1-2H3,(H2,19,21,22);1H. The van der Waals surface area contributed by atoms with Crippen molar-refractivity contribution in [2.75, 3.05) is 27.2 Å². The molecule has 0 saturated carbocycles. The summed E-state index contributed by atoms with van der Waals surface area (Å²) < 4.78 is 66.4. The number of hydrogen-bond donors (Lipinski definition) is 2. The lowest BCUT2D eigenvalue weighted by atomic mass is 10.1. The fourth-order valence-corrected chi connectivity index (χ4v) is 3.68. The van der Waals surface area contributed by atoms with Crippen LogP contribution in [0.1, 0.15) is 18.4 Å². The van der Waals surface area contributed by atoms with Gasteiger partial charge in [-0.2, -0.15) is 17.5 Å². The Labute approximate surface area is 179 Å². The van der Waals surface area contributed by atoms with Gasteiger partial charge < -0.3 is 15.4 Å². The minimum atomic E-state index is -5.27. The summed E-state index contributed by atoms with van der Waals surface area (Å²) in [4.78, 5) is 8.17. The van der Waals surface area contributed by atoms with Gasteiger partial charge in [-0.05, 0) is 18.9 Å². The third kappa shape index (κ3) is 6.07. The summed E-state index contributed by atoms with van der Waals surface area (Å²) in [7, 11) is -2.19. The van der Waals surface area contributed by atoms with Crippen LogP contribution < -0.4 is 15.4 Å². The molecule has 1 fully saturated rings. The first kappa shape index (κ1) is 24.7. The highest BCUT2D eigenvalue weighted by Crippen LogP contribution is 2.28. The van der Waals surface area contributed by atoms with Crippen LogP contribution in [-0.4, -0.2) is 62.5 Å². The second-order valence-electron chi connectivity index (χ2n) is 5.87. The van der Waals surface area contributed by atoms with Crippen molar-refractivity contribution in [3.63, 3.8) is 0 Å². The Hall–Kier alpha value is -1.35. The van der Waals surface area contributed by atoms with Gasteiger partial charge in [0.2, 0.25) is 5.88 Å². The number of aromatic nitrogens is 1. The minimum Gasteiger partial charge on any atom is -0.481 e. The highest BCUT2D eigenvalue weighted by atomic mass is 127. The van der Waals surface area contributed by atoms with Crippen LogP contribution in [0, 0.1) is 0 Å². The molecule has 8 nitrogen and oxygen atoms in total. The van der Waals surface area contributed by atoms with Crippen LogP contribution in [0.4, 0.5) is 13.2 Å². The predicted octanol–water partition coefficient (Wildman–Crippen LogP) is 1.69. The third-order valence-corrected chi connectivity index (χ3v) is 5.77. The summed E-state index contributed by atoms with van der Waals surface area (Å²) in [5, 5.41) is 6.18. The molecule has 1 aliphatic heterocycles. The van der Waals surface area contributed by atoms with Crippen molar-refractivity contribution in [1.82, 2.24) is 19.9 Å². The van der Waals surface area contributed by atoms with Crippen molar-refractivity contribution in [2.24, 2.45) is 4.99 Å². The zero-order valence-electron chi connectivity index (χ0n) is 15.4. The molecule has 0 aromatic carbocycles. The van der Waals surface area contributed by atoms with Crippen molar-refractivity contribution in [1.29, 1.82) is 0 Å². The van der Waals surface area contributed by atoms with Crippen molar-refractivity contribution in [3.8, 4) is 5.88 Å². The highest BCUT2D eigenvalue weighted by Gasteiger charge is 2.50. The molecule has 1 aromatic rings. The summed E-state index contributed by atoms with van der Waals surface area (Å²) in [5.41, 5.74) is -4.46. The second-order valence-corrected chi connectivity index (χ2v) is 7.80. The fourth-order valence-electron chi connectivity index (χ4n) is 2.70. The first-order valence-corrected chi connectivity index (χ1v) is 9.64. The van der Waals surface area contributed by atoms with E-state index in [1.807, 2.05) is 6.07 Å². The molecule has 28 heavy (non-hydrogen) atoms. The molecule has 160 valence electrons. The number of rotatable bonds is 5. The van der Waals surface area contributed by atoms with Crippen molar-refractivity contribution < 1.29 is 26.3 Å². The Kier molecular flexibility index (Phi) is 9.20. The number of guanidine groups is 1. The highest BCUT2D eigenvalue weighted by molar-refractivity contribution is 14.0. The van der Waals surface area contributed by atoms with Crippen molar-refractivity contribution >= 4 is 40.0 Å². The molecule has 2 rings (SSSR count). The Morgan fingerprint density at radius 3 is 2.57 bits per heavy atom. The van der Waals surface area contributed by atoms with Crippen LogP contribution in [0.2, 0.25) is 0 Å². The molecule has 2 N–H and O–H groups in total. The van der Waals surface area contributed by atoms with Crippen molar-refractivity contribution in [2.45, 2.75) is 30.9 Å². The SMILES string of the molecule is CN=C(NCc1cccnc1OC)NC1CCN(S(=O)(=O)C(F)(F)F)CC1.I. The van der Waals surface area contributed by atoms with E-state index in [1.165, 1.54) is 7.11 Å². The average Bonchev–Trinajstić information content (AvgIpc) is 2.64. The van der Waals surface area contributed by atoms with Gasteiger partial charge in [0.05, 0.1) is 7.11 Å². The number of sulfonamides is 1. The summed E-state index contributed by atoms with van der Waals surface area (Å²) in [5.74, 6) is 0.934. The zero-order chi connectivity index (χ0) is 20.1. The summed E-state index contributed by atoms with van der Waals surface area (Å²) in [6.45, 7) is -0.0160. The van der Waals surface area contributed by atoms with Gasteiger partial charge in [-0.15, -0.1) is 24.0 Å². The Morgan fingerprint density at radius 1 is 1.39 bits per heavy atom. The van der Waals surface area contributed by atoms with Crippen LogP contribution in [0.15, 0.2) is 23.3 Å². The molecule has 0 radical (unpaired) electrons. The van der Waals surface area contributed by atoms with Crippen LogP contribution in [0.3, 0.4) is 0 Å². The summed E-state index contributed by atoms with van der Waals surface area (Å²) in [6, 6.07) is 3.42. The number of pyridine rings is 1. The molecule has 0 unspecified atom stereocenters. The molecular weight excluding hydrogens is 514 g/mol. The topological polar surface area (TPSA) is 95.9 Å². The Bertz CT molecular complexity index is 768. The van der Waals surface area contributed by atoms with Gasteiger partial charge in [-0.1, -0.05) is 6.07 Å². The maximum absolute atomic E-state index is 12.6. The molecule has 2 heterocycles. The summed E-state index contributed by atoms with van der Waals surface area (Å²) in [6.07, 6.45) is 2.09. The van der Waals surface area contributed by atoms with E-state index in [0.717, 1.165) is 5.56 Å².